The number of nitrogens with two attached hydrogens (primary N) is 1. The molecular formula is C19H22N4O. The molecule has 0 radical (unpaired) electrons. The summed E-state index contributed by atoms with van der Waals surface area (Å²) in [5.74, 6) is 5.88. The van der Waals surface area contributed by atoms with Crippen LogP contribution in [-0.2, 0) is 4.79 Å². The Hall–Kier alpha value is -2.84. The zero-order chi connectivity index (χ0) is 17.5. The molecule has 0 spiro atoms. The van der Waals surface area contributed by atoms with E-state index in [4.69, 9.17) is 5.73 Å². The normalized spacial score (nSPS) is 11.3. The number of nitrogens with one attached hydrogen (secondary N) is 1. The molecule has 5 nitrogen and oxygen atoms in total. The number of aromatic amines is 1. The van der Waals surface area contributed by atoms with Gasteiger partial charge in [-0.1, -0.05) is 36.1 Å². The maximum Gasteiger partial charge on any atom is 0.245 e. The second-order valence-corrected chi connectivity index (χ2v) is 5.50. The Labute approximate surface area is 142 Å². The summed E-state index contributed by atoms with van der Waals surface area (Å²) in [4.78, 5) is 14.3. The van der Waals surface area contributed by atoms with Gasteiger partial charge in [0.15, 0.2) is 0 Å². The molecule has 0 saturated carbocycles. The van der Waals surface area contributed by atoms with Crippen molar-refractivity contribution >= 4 is 5.91 Å². The zero-order valence-electron chi connectivity index (χ0n) is 14.0. The van der Waals surface area contributed by atoms with E-state index < -0.39 is 6.04 Å². The van der Waals surface area contributed by atoms with E-state index in [2.05, 4.69) is 28.6 Å². The summed E-state index contributed by atoms with van der Waals surface area (Å²) < 4.78 is 0. The topological polar surface area (TPSA) is 75.0 Å². The van der Waals surface area contributed by atoms with Crippen LogP contribution in [-0.4, -0.2) is 34.1 Å². The number of H-pyrrole nitrogens is 1. The fourth-order valence-corrected chi connectivity index (χ4v) is 2.48. The van der Waals surface area contributed by atoms with E-state index in [0.717, 1.165) is 22.5 Å². The van der Waals surface area contributed by atoms with Crippen molar-refractivity contribution in [2.45, 2.75) is 19.9 Å². The maximum atomic E-state index is 12.7. The Kier molecular flexibility index (Phi) is 5.94. The Morgan fingerprint density at radius 3 is 2.71 bits per heavy atom. The summed E-state index contributed by atoms with van der Waals surface area (Å²) in [6.07, 6.45) is 1.67. The van der Waals surface area contributed by atoms with Crippen LogP contribution >= 0.6 is 0 Å². The van der Waals surface area contributed by atoms with Gasteiger partial charge < -0.3 is 10.6 Å². The predicted octanol–water partition coefficient (Wildman–Crippen LogP) is 2.09. The van der Waals surface area contributed by atoms with Gasteiger partial charge in [-0.25, -0.2) is 0 Å². The summed E-state index contributed by atoms with van der Waals surface area (Å²) in [7, 11) is 0. The molecule has 124 valence electrons. The fourth-order valence-electron chi connectivity index (χ4n) is 2.48. The minimum absolute atomic E-state index is 0.190. The highest BCUT2D eigenvalue weighted by atomic mass is 16.2. The summed E-state index contributed by atoms with van der Waals surface area (Å²) in [6.45, 7) is 8.08. The van der Waals surface area contributed by atoms with E-state index in [1.807, 2.05) is 44.2 Å². The third kappa shape index (κ3) is 4.12. The van der Waals surface area contributed by atoms with Crippen molar-refractivity contribution in [3.63, 3.8) is 0 Å². The Morgan fingerprint density at radius 1 is 1.42 bits per heavy atom. The first-order valence-corrected chi connectivity index (χ1v) is 7.75. The van der Waals surface area contributed by atoms with E-state index in [0.29, 0.717) is 13.1 Å². The molecule has 1 heterocycles. The van der Waals surface area contributed by atoms with Crippen LogP contribution in [0.15, 0.2) is 43.0 Å². The average Bonchev–Trinajstić information content (AvgIpc) is 2.92. The van der Waals surface area contributed by atoms with Crippen LogP contribution in [0.3, 0.4) is 0 Å². The van der Waals surface area contributed by atoms with Gasteiger partial charge in [-0.15, -0.1) is 6.58 Å². The molecule has 1 atom stereocenters. The number of hydrogen-bond acceptors (Lipinski definition) is 3. The maximum absolute atomic E-state index is 12.7. The second-order valence-electron chi connectivity index (χ2n) is 5.50. The minimum atomic E-state index is -0.762. The van der Waals surface area contributed by atoms with E-state index >= 15 is 0 Å². The summed E-state index contributed by atoms with van der Waals surface area (Å²) in [5.41, 5.74) is 9.36. The van der Waals surface area contributed by atoms with Gasteiger partial charge in [0.25, 0.3) is 0 Å². The Balaban J connectivity index is 2.13. The molecule has 2 rings (SSSR count). The molecule has 3 N–H and O–H groups in total. The van der Waals surface area contributed by atoms with Gasteiger partial charge in [-0.3, -0.25) is 9.89 Å². The van der Waals surface area contributed by atoms with Gasteiger partial charge in [0.05, 0.1) is 12.2 Å². The summed E-state index contributed by atoms with van der Waals surface area (Å²) >= 11 is 0. The third-order valence-corrected chi connectivity index (χ3v) is 3.70. The first-order valence-electron chi connectivity index (χ1n) is 7.75. The third-order valence-electron chi connectivity index (χ3n) is 3.70. The van der Waals surface area contributed by atoms with Crippen LogP contribution < -0.4 is 5.73 Å². The Morgan fingerprint density at radius 2 is 2.12 bits per heavy atom. The SMILES string of the molecule is C=CCN(CC#Cc1ccccc1)C(=O)[C@H](N)c1c(C)n[nH]c1C. The molecule has 2 aromatic rings. The monoisotopic (exact) mass is 322 g/mol. The standard InChI is InChI=1S/C19H22N4O/c1-4-12-23(13-8-11-16-9-6-5-7-10-16)19(24)18(20)17-14(2)21-22-15(17)3/h4-7,9-10,18H,1,12-13,20H2,2-3H3,(H,21,22)/t18-/m1/s1. The fraction of sp³-hybridized carbons (Fsp3) is 0.263. The minimum Gasteiger partial charge on any atom is -0.326 e. The van der Waals surface area contributed by atoms with E-state index in [1.54, 1.807) is 11.0 Å². The van der Waals surface area contributed by atoms with Crippen LogP contribution in [0.5, 0.6) is 0 Å². The number of carbonyl (C=O) groups excluding carboxylic acids is 1. The second kappa shape index (κ2) is 8.14. The van der Waals surface area contributed by atoms with Gasteiger partial charge in [0, 0.05) is 23.4 Å². The predicted molar refractivity (Wildman–Crippen MR) is 95.1 cm³/mol. The molecule has 1 aromatic heterocycles. The van der Waals surface area contributed by atoms with Crippen molar-refractivity contribution in [3.8, 4) is 11.8 Å². The number of aryl methyl sites for hydroxylation is 2. The number of benzene rings is 1. The first-order chi connectivity index (χ1) is 11.5. The Bertz CT molecular complexity index is 748. The number of amides is 1. The van der Waals surface area contributed by atoms with Crippen molar-refractivity contribution in [1.29, 1.82) is 0 Å². The van der Waals surface area contributed by atoms with Crippen LogP contribution in [0.1, 0.15) is 28.6 Å². The number of aromatic nitrogens is 2. The van der Waals surface area contributed by atoms with Crippen LogP contribution in [0.2, 0.25) is 0 Å². The van der Waals surface area contributed by atoms with Crippen molar-refractivity contribution < 1.29 is 4.79 Å². The van der Waals surface area contributed by atoms with Crippen LogP contribution in [0.4, 0.5) is 0 Å². The number of nitrogens with zero attached hydrogens (tertiary/aromatic N) is 2. The van der Waals surface area contributed by atoms with Crippen LogP contribution in [0, 0.1) is 25.7 Å². The molecule has 0 aliphatic heterocycles. The highest BCUT2D eigenvalue weighted by molar-refractivity contribution is 5.84. The molecule has 0 fully saturated rings. The highest BCUT2D eigenvalue weighted by Crippen LogP contribution is 2.19. The lowest BCUT2D eigenvalue weighted by Gasteiger charge is -2.22. The van der Waals surface area contributed by atoms with Crippen molar-refractivity contribution in [2.75, 3.05) is 13.1 Å². The summed E-state index contributed by atoms with van der Waals surface area (Å²) in [5, 5.41) is 6.96. The number of carbonyl (C=O) groups is 1. The summed E-state index contributed by atoms with van der Waals surface area (Å²) in [6, 6.07) is 8.89. The zero-order valence-corrected chi connectivity index (χ0v) is 14.0. The highest BCUT2D eigenvalue weighted by Gasteiger charge is 2.25. The molecule has 0 bridgehead atoms. The molecule has 1 aromatic carbocycles. The lowest BCUT2D eigenvalue weighted by atomic mass is 10.0. The average molecular weight is 322 g/mol. The largest absolute Gasteiger partial charge is 0.326 e. The molecule has 0 aliphatic carbocycles. The molecule has 0 aliphatic rings. The molecular weight excluding hydrogens is 300 g/mol. The quantitative estimate of drug-likeness (QED) is 0.654. The molecule has 24 heavy (non-hydrogen) atoms. The molecule has 0 saturated heterocycles. The lowest BCUT2D eigenvalue weighted by molar-refractivity contribution is -0.131. The van der Waals surface area contributed by atoms with Gasteiger partial charge in [0.1, 0.15) is 6.04 Å². The molecule has 1 amide bonds. The van der Waals surface area contributed by atoms with E-state index in [-0.39, 0.29) is 5.91 Å². The van der Waals surface area contributed by atoms with Gasteiger partial charge in [-0.05, 0) is 26.0 Å². The number of rotatable bonds is 5. The van der Waals surface area contributed by atoms with Crippen LogP contribution in [0.25, 0.3) is 0 Å². The van der Waals surface area contributed by atoms with Gasteiger partial charge in [0.2, 0.25) is 5.91 Å². The van der Waals surface area contributed by atoms with Gasteiger partial charge in [-0.2, -0.15) is 5.10 Å². The first kappa shape index (κ1) is 17.5. The van der Waals surface area contributed by atoms with Crippen molar-refractivity contribution in [1.82, 2.24) is 15.1 Å². The van der Waals surface area contributed by atoms with Crippen molar-refractivity contribution in [2.24, 2.45) is 5.73 Å². The van der Waals surface area contributed by atoms with E-state index in [1.165, 1.54) is 0 Å². The van der Waals surface area contributed by atoms with Gasteiger partial charge >= 0.3 is 0 Å². The van der Waals surface area contributed by atoms with E-state index in [9.17, 15) is 4.79 Å². The molecule has 5 heteroatoms. The lowest BCUT2D eigenvalue weighted by Crippen LogP contribution is -2.39. The number of hydrogen-bond donors (Lipinski definition) is 2. The smallest absolute Gasteiger partial charge is 0.245 e. The molecule has 0 unspecified atom stereocenters. The van der Waals surface area contributed by atoms with Crippen molar-refractivity contribution in [3.05, 3.63) is 65.5 Å².